The molecule has 3 aromatic carbocycles. The molecule has 0 saturated carbocycles. The number of hydrogen-bond donors (Lipinski definition) is 1. The Balaban J connectivity index is 2.10. The number of halogens is 3. The molecule has 1 atom stereocenters. The first kappa shape index (κ1) is 31.7. The van der Waals surface area contributed by atoms with Crippen molar-refractivity contribution >= 4 is 62.3 Å². The topological polar surface area (TPSA) is 86.8 Å². The van der Waals surface area contributed by atoms with E-state index in [-0.39, 0.29) is 24.6 Å². The summed E-state index contributed by atoms with van der Waals surface area (Å²) in [6.07, 6.45) is 1.94. The maximum atomic E-state index is 14.1. The molecule has 0 spiro atoms. The predicted molar refractivity (Wildman–Crippen MR) is 163 cm³/mol. The van der Waals surface area contributed by atoms with Gasteiger partial charge in [-0.2, -0.15) is 0 Å². The molecule has 0 aromatic heterocycles. The van der Waals surface area contributed by atoms with E-state index in [1.807, 2.05) is 37.3 Å². The van der Waals surface area contributed by atoms with E-state index in [0.717, 1.165) is 16.1 Å². The first-order chi connectivity index (χ1) is 18.9. The number of rotatable bonds is 12. The highest BCUT2D eigenvalue weighted by Crippen LogP contribution is 2.28. The van der Waals surface area contributed by atoms with Crippen molar-refractivity contribution in [2.24, 2.45) is 0 Å². The monoisotopic (exact) mass is 623 g/mol. The number of aryl methyl sites for hydroxylation is 1. The third-order valence-corrected chi connectivity index (χ3v) is 8.24. The third kappa shape index (κ3) is 8.61. The van der Waals surface area contributed by atoms with Crippen LogP contribution in [-0.4, -0.2) is 50.5 Å². The molecule has 0 bridgehead atoms. The minimum atomic E-state index is -3.91. The molecular formula is C29H32Cl3N3O4S. The molecule has 3 rings (SSSR count). The summed E-state index contributed by atoms with van der Waals surface area (Å²) in [5.41, 5.74) is 2.30. The Morgan fingerprint density at radius 1 is 0.950 bits per heavy atom. The van der Waals surface area contributed by atoms with Gasteiger partial charge >= 0.3 is 0 Å². The third-order valence-electron chi connectivity index (χ3n) is 6.30. The van der Waals surface area contributed by atoms with Crippen molar-refractivity contribution < 1.29 is 18.0 Å². The lowest BCUT2D eigenvalue weighted by molar-refractivity contribution is -0.140. The fourth-order valence-corrected chi connectivity index (χ4v) is 5.73. The highest BCUT2D eigenvalue weighted by molar-refractivity contribution is 7.92. The lowest BCUT2D eigenvalue weighted by Gasteiger charge is -2.34. The fourth-order valence-electron chi connectivity index (χ4n) is 4.20. The second-order valence-electron chi connectivity index (χ2n) is 9.45. The van der Waals surface area contributed by atoms with Gasteiger partial charge in [-0.3, -0.25) is 13.9 Å². The number of carbonyl (C=O) groups excluding carboxylic acids is 2. The van der Waals surface area contributed by atoms with Crippen LogP contribution < -0.4 is 9.62 Å². The van der Waals surface area contributed by atoms with E-state index >= 15 is 0 Å². The van der Waals surface area contributed by atoms with Gasteiger partial charge in [0, 0.05) is 34.6 Å². The number of amides is 2. The molecular weight excluding hydrogens is 593 g/mol. The molecule has 3 aromatic rings. The van der Waals surface area contributed by atoms with E-state index in [1.165, 1.54) is 11.0 Å². The average molecular weight is 625 g/mol. The minimum Gasteiger partial charge on any atom is -0.354 e. The molecule has 0 aliphatic heterocycles. The van der Waals surface area contributed by atoms with Gasteiger partial charge in [0.25, 0.3) is 0 Å². The van der Waals surface area contributed by atoms with E-state index in [4.69, 9.17) is 34.8 Å². The van der Waals surface area contributed by atoms with E-state index in [0.29, 0.717) is 39.2 Å². The van der Waals surface area contributed by atoms with Crippen LogP contribution in [0.3, 0.4) is 0 Å². The number of hydrogen-bond acceptors (Lipinski definition) is 4. The van der Waals surface area contributed by atoms with Gasteiger partial charge in [-0.15, -0.1) is 0 Å². The van der Waals surface area contributed by atoms with Crippen LogP contribution in [-0.2, 0) is 32.6 Å². The first-order valence-corrected chi connectivity index (χ1v) is 15.7. The molecule has 0 unspecified atom stereocenters. The molecule has 0 fully saturated rings. The zero-order chi connectivity index (χ0) is 29.4. The summed E-state index contributed by atoms with van der Waals surface area (Å²) in [6.45, 7) is 3.50. The van der Waals surface area contributed by atoms with Crippen LogP contribution >= 0.6 is 34.8 Å². The van der Waals surface area contributed by atoms with Crippen LogP contribution in [0.2, 0.25) is 15.1 Å². The van der Waals surface area contributed by atoms with Crippen molar-refractivity contribution in [1.29, 1.82) is 0 Å². The Morgan fingerprint density at radius 3 is 2.23 bits per heavy atom. The van der Waals surface area contributed by atoms with E-state index in [2.05, 4.69) is 5.32 Å². The van der Waals surface area contributed by atoms with Crippen molar-refractivity contribution in [2.75, 3.05) is 23.7 Å². The van der Waals surface area contributed by atoms with Crippen LogP contribution in [0.25, 0.3) is 0 Å². The van der Waals surface area contributed by atoms with Gasteiger partial charge in [-0.05, 0) is 54.3 Å². The number of carbonyl (C=O) groups is 2. The summed E-state index contributed by atoms with van der Waals surface area (Å²) >= 11 is 18.8. The molecule has 2 amide bonds. The zero-order valence-corrected chi connectivity index (χ0v) is 25.6. The van der Waals surface area contributed by atoms with Gasteiger partial charge in [0.2, 0.25) is 21.8 Å². The molecule has 1 N–H and O–H groups in total. The molecule has 0 aliphatic carbocycles. The summed E-state index contributed by atoms with van der Waals surface area (Å²) in [5, 5.41) is 3.97. The number of sulfonamides is 1. The summed E-state index contributed by atoms with van der Waals surface area (Å²) < 4.78 is 26.9. The van der Waals surface area contributed by atoms with Crippen LogP contribution in [0.15, 0.2) is 66.7 Å². The van der Waals surface area contributed by atoms with Crippen molar-refractivity contribution in [3.63, 3.8) is 0 Å². The Labute approximate surface area is 251 Å². The Hall–Kier alpha value is -2.78. The van der Waals surface area contributed by atoms with Crippen molar-refractivity contribution in [2.45, 2.75) is 39.3 Å². The summed E-state index contributed by atoms with van der Waals surface area (Å²) in [6, 6.07) is 18.1. The fraction of sp³-hybridized carbons (Fsp3) is 0.310. The van der Waals surface area contributed by atoms with Crippen LogP contribution in [0.5, 0.6) is 0 Å². The molecule has 0 radical (unpaired) electrons. The maximum Gasteiger partial charge on any atom is 0.244 e. The van der Waals surface area contributed by atoms with Gasteiger partial charge in [-0.1, -0.05) is 84.2 Å². The molecule has 40 heavy (non-hydrogen) atoms. The average Bonchev–Trinajstić information content (AvgIpc) is 2.90. The number of anilines is 1. The molecule has 0 aliphatic rings. The summed E-state index contributed by atoms with van der Waals surface area (Å²) in [4.78, 5) is 29.0. The second kappa shape index (κ2) is 14.2. The summed E-state index contributed by atoms with van der Waals surface area (Å²) in [5.74, 6) is -0.933. The first-order valence-electron chi connectivity index (χ1n) is 12.7. The maximum absolute atomic E-state index is 14.1. The van der Waals surface area contributed by atoms with Crippen molar-refractivity contribution in [1.82, 2.24) is 10.2 Å². The molecule has 0 saturated heterocycles. The normalized spacial score (nSPS) is 12.1. The SMILES string of the molecule is CCCNC(=O)[C@@H](Cc1ccccc1)N(Cc1ccc(Cl)cc1Cl)C(=O)CN(c1cc(Cl)ccc1C)S(C)(=O)=O. The highest BCUT2D eigenvalue weighted by atomic mass is 35.5. The lowest BCUT2D eigenvalue weighted by atomic mass is 10.0. The van der Waals surface area contributed by atoms with Crippen LogP contribution in [0, 0.1) is 6.92 Å². The Morgan fingerprint density at radius 2 is 1.60 bits per heavy atom. The van der Waals surface area contributed by atoms with Crippen molar-refractivity contribution in [3.8, 4) is 0 Å². The van der Waals surface area contributed by atoms with Crippen LogP contribution in [0.1, 0.15) is 30.0 Å². The standard InChI is InChI=1S/C29H32Cl3N3O4S/c1-4-14-33-29(37)27(15-21-8-6-5-7-9-21)34(18-22-11-13-23(30)16-25(22)32)28(36)19-35(40(3,38)39)26-17-24(31)12-10-20(26)2/h5-13,16-17,27H,4,14-15,18-19H2,1-3H3,(H,33,37)/t27-/m1/s1. The molecule has 7 nitrogen and oxygen atoms in total. The quantitative estimate of drug-likeness (QED) is 0.272. The van der Waals surface area contributed by atoms with Crippen LogP contribution in [0.4, 0.5) is 5.69 Å². The zero-order valence-electron chi connectivity index (χ0n) is 22.5. The highest BCUT2D eigenvalue weighted by Gasteiger charge is 2.33. The Bertz CT molecular complexity index is 1450. The van der Waals surface area contributed by atoms with E-state index < -0.39 is 28.5 Å². The Kier molecular flexibility index (Phi) is 11.3. The lowest BCUT2D eigenvalue weighted by Crippen LogP contribution is -2.53. The van der Waals surface area contributed by atoms with E-state index in [9.17, 15) is 18.0 Å². The van der Waals surface area contributed by atoms with Gasteiger partial charge < -0.3 is 10.2 Å². The van der Waals surface area contributed by atoms with Crippen molar-refractivity contribution in [3.05, 3.63) is 98.5 Å². The van der Waals surface area contributed by atoms with Gasteiger partial charge in [0.05, 0.1) is 11.9 Å². The molecule has 11 heteroatoms. The van der Waals surface area contributed by atoms with E-state index in [1.54, 1.807) is 37.3 Å². The van der Waals surface area contributed by atoms with Gasteiger partial charge in [-0.25, -0.2) is 8.42 Å². The van der Waals surface area contributed by atoms with Gasteiger partial charge in [0.15, 0.2) is 0 Å². The van der Waals surface area contributed by atoms with Gasteiger partial charge in [0.1, 0.15) is 12.6 Å². The largest absolute Gasteiger partial charge is 0.354 e. The number of nitrogens with zero attached hydrogens (tertiary/aromatic N) is 2. The second-order valence-corrected chi connectivity index (χ2v) is 12.6. The number of nitrogens with one attached hydrogen (secondary N) is 1. The molecule has 214 valence electrons. The summed E-state index contributed by atoms with van der Waals surface area (Å²) in [7, 11) is -3.91. The smallest absolute Gasteiger partial charge is 0.244 e. The number of benzene rings is 3. The predicted octanol–water partition coefficient (Wildman–Crippen LogP) is 5.89. The minimum absolute atomic E-state index is 0.0436. The molecule has 0 heterocycles.